The van der Waals surface area contributed by atoms with Crippen molar-refractivity contribution < 1.29 is 4.39 Å². The van der Waals surface area contributed by atoms with Crippen molar-refractivity contribution in [3.8, 4) is 11.3 Å². The van der Waals surface area contributed by atoms with Crippen LogP contribution < -0.4 is 4.90 Å². The molecule has 0 bridgehead atoms. The standard InChI is InChI=1S/C25H24FN3/c26-20-12-10-19(11-13-20)25-23(22-8-4-5-9-24(22)27-25)18-28-14-16-29(17-15-28)21-6-2-1-3-7-21/h1-13,27H,14-18H2. The van der Waals surface area contributed by atoms with E-state index in [0.29, 0.717) is 0 Å². The van der Waals surface area contributed by atoms with Crippen LogP contribution in [0.3, 0.4) is 0 Å². The summed E-state index contributed by atoms with van der Waals surface area (Å²) in [7, 11) is 0. The Balaban J connectivity index is 1.40. The second kappa shape index (κ2) is 7.72. The molecule has 146 valence electrons. The second-order valence-electron chi connectivity index (χ2n) is 7.63. The minimum atomic E-state index is -0.205. The summed E-state index contributed by atoms with van der Waals surface area (Å²) in [6.07, 6.45) is 0. The molecule has 3 nitrogen and oxygen atoms in total. The van der Waals surface area contributed by atoms with E-state index in [4.69, 9.17) is 0 Å². The molecular formula is C25H24FN3. The Hall–Kier alpha value is -3.11. The molecule has 0 unspecified atom stereocenters. The smallest absolute Gasteiger partial charge is 0.123 e. The molecule has 4 aromatic rings. The third-order valence-electron chi connectivity index (χ3n) is 5.82. The number of fused-ring (bicyclic) bond motifs is 1. The van der Waals surface area contributed by atoms with Crippen LogP contribution in [0.1, 0.15) is 5.56 Å². The number of hydrogen-bond acceptors (Lipinski definition) is 2. The van der Waals surface area contributed by atoms with Crippen molar-refractivity contribution in [3.05, 3.63) is 90.2 Å². The van der Waals surface area contributed by atoms with E-state index in [-0.39, 0.29) is 5.82 Å². The number of benzene rings is 3. The summed E-state index contributed by atoms with van der Waals surface area (Å²) in [5.74, 6) is -0.205. The minimum absolute atomic E-state index is 0.205. The molecule has 3 aromatic carbocycles. The Morgan fingerprint density at radius 3 is 2.21 bits per heavy atom. The Labute approximate surface area is 170 Å². The average Bonchev–Trinajstić information content (AvgIpc) is 3.14. The molecule has 1 N–H and O–H groups in total. The van der Waals surface area contributed by atoms with Crippen LogP contribution >= 0.6 is 0 Å². The number of rotatable bonds is 4. The lowest BCUT2D eigenvalue weighted by Gasteiger charge is -2.36. The largest absolute Gasteiger partial charge is 0.369 e. The van der Waals surface area contributed by atoms with Gasteiger partial charge in [-0.05, 0) is 53.6 Å². The fourth-order valence-electron chi connectivity index (χ4n) is 4.25. The van der Waals surface area contributed by atoms with Crippen molar-refractivity contribution >= 4 is 16.6 Å². The zero-order valence-corrected chi connectivity index (χ0v) is 16.3. The lowest BCUT2D eigenvalue weighted by atomic mass is 10.0. The number of aromatic amines is 1. The zero-order chi connectivity index (χ0) is 19.6. The Bertz CT molecular complexity index is 1090. The average molecular weight is 385 g/mol. The van der Waals surface area contributed by atoms with E-state index in [1.54, 1.807) is 0 Å². The van der Waals surface area contributed by atoms with Crippen LogP contribution in [0.2, 0.25) is 0 Å². The van der Waals surface area contributed by atoms with E-state index in [2.05, 4.69) is 69.4 Å². The van der Waals surface area contributed by atoms with Gasteiger partial charge >= 0.3 is 0 Å². The van der Waals surface area contributed by atoms with Crippen molar-refractivity contribution in [2.24, 2.45) is 0 Å². The van der Waals surface area contributed by atoms with E-state index < -0.39 is 0 Å². The van der Waals surface area contributed by atoms with Crippen molar-refractivity contribution in [3.63, 3.8) is 0 Å². The molecule has 0 aliphatic carbocycles. The van der Waals surface area contributed by atoms with E-state index >= 15 is 0 Å². The highest BCUT2D eigenvalue weighted by Gasteiger charge is 2.21. The van der Waals surface area contributed by atoms with Gasteiger partial charge in [0.25, 0.3) is 0 Å². The maximum Gasteiger partial charge on any atom is 0.123 e. The van der Waals surface area contributed by atoms with Crippen molar-refractivity contribution in [2.45, 2.75) is 6.54 Å². The fraction of sp³-hybridized carbons (Fsp3) is 0.200. The maximum atomic E-state index is 13.4. The number of halogens is 1. The van der Waals surface area contributed by atoms with Gasteiger partial charge in [-0.2, -0.15) is 0 Å². The van der Waals surface area contributed by atoms with Crippen molar-refractivity contribution in [1.82, 2.24) is 9.88 Å². The van der Waals surface area contributed by atoms with Gasteiger partial charge in [-0.15, -0.1) is 0 Å². The summed E-state index contributed by atoms with van der Waals surface area (Å²) in [6.45, 7) is 4.99. The molecule has 1 aliphatic heterocycles. The number of anilines is 1. The zero-order valence-electron chi connectivity index (χ0n) is 16.3. The number of nitrogens with zero attached hydrogens (tertiary/aromatic N) is 2. The molecule has 2 heterocycles. The summed E-state index contributed by atoms with van der Waals surface area (Å²) < 4.78 is 13.4. The summed E-state index contributed by atoms with van der Waals surface area (Å²) >= 11 is 0. The highest BCUT2D eigenvalue weighted by Crippen LogP contribution is 2.32. The van der Waals surface area contributed by atoms with E-state index in [9.17, 15) is 4.39 Å². The fourth-order valence-corrected chi connectivity index (χ4v) is 4.25. The van der Waals surface area contributed by atoms with Crippen LogP contribution in [-0.2, 0) is 6.54 Å². The molecule has 0 atom stereocenters. The Kier molecular flexibility index (Phi) is 4.78. The van der Waals surface area contributed by atoms with Gasteiger partial charge in [0.1, 0.15) is 5.82 Å². The normalized spacial score (nSPS) is 15.1. The second-order valence-corrected chi connectivity index (χ2v) is 7.63. The monoisotopic (exact) mass is 385 g/mol. The van der Waals surface area contributed by atoms with Gasteiger partial charge in [-0.25, -0.2) is 4.39 Å². The first-order chi connectivity index (χ1) is 14.3. The van der Waals surface area contributed by atoms with Gasteiger partial charge in [0.2, 0.25) is 0 Å². The van der Waals surface area contributed by atoms with E-state index in [1.165, 1.54) is 28.8 Å². The summed E-state index contributed by atoms with van der Waals surface area (Å²) in [6, 6.07) is 25.8. The molecule has 1 aromatic heterocycles. The van der Waals surface area contributed by atoms with Crippen molar-refractivity contribution in [2.75, 3.05) is 31.1 Å². The molecule has 1 fully saturated rings. The van der Waals surface area contributed by atoms with Gasteiger partial charge in [0, 0.05) is 49.3 Å². The molecule has 0 saturated carbocycles. The SMILES string of the molecule is Fc1ccc(-c2[nH]c3ccccc3c2CN2CCN(c3ccccc3)CC2)cc1. The summed E-state index contributed by atoms with van der Waals surface area (Å²) in [4.78, 5) is 8.53. The molecule has 29 heavy (non-hydrogen) atoms. The van der Waals surface area contributed by atoms with Gasteiger partial charge in [-0.3, -0.25) is 4.90 Å². The number of nitrogens with one attached hydrogen (secondary N) is 1. The molecule has 1 aliphatic rings. The third kappa shape index (κ3) is 3.64. The number of para-hydroxylation sites is 2. The highest BCUT2D eigenvalue weighted by molar-refractivity contribution is 5.90. The molecule has 0 spiro atoms. The molecule has 0 amide bonds. The molecule has 5 rings (SSSR count). The predicted octanol–water partition coefficient (Wildman–Crippen LogP) is 5.30. The molecular weight excluding hydrogens is 361 g/mol. The van der Waals surface area contributed by atoms with Crippen LogP contribution in [0.25, 0.3) is 22.2 Å². The van der Waals surface area contributed by atoms with Crippen LogP contribution in [0, 0.1) is 5.82 Å². The minimum Gasteiger partial charge on any atom is -0.369 e. The first-order valence-corrected chi connectivity index (χ1v) is 10.2. The van der Waals surface area contributed by atoms with Gasteiger partial charge in [-0.1, -0.05) is 36.4 Å². The molecule has 0 radical (unpaired) electrons. The quantitative estimate of drug-likeness (QED) is 0.515. The lowest BCUT2D eigenvalue weighted by Crippen LogP contribution is -2.46. The first kappa shape index (κ1) is 18.0. The summed E-state index contributed by atoms with van der Waals surface area (Å²) in [5.41, 5.74) is 5.84. The van der Waals surface area contributed by atoms with Crippen LogP contribution in [0.4, 0.5) is 10.1 Å². The predicted molar refractivity (Wildman–Crippen MR) is 118 cm³/mol. The van der Waals surface area contributed by atoms with Crippen LogP contribution in [-0.4, -0.2) is 36.1 Å². The van der Waals surface area contributed by atoms with Crippen LogP contribution in [0.5, 0.6) is 0 Å². The van der Waals surface area contributed by atoms with Crippen LogP contribution in [0.15, 0.2) is 78.9 Å². The number of aromatic nitrogens is 1. The summed E-state index contributed by atoms with van der Waals surface area (Å²) in [5, 5.41) is 1.25. The number of piperazine rings is 1. The first-order valence-electron chi connectivity index (χ1n) is 10.2. The maximum absolute atomic E-state index is 13.4. The Morgan fingerprint density at radius 2 is 1.45 bits per heavy atom. The van der Waals surface area contributed by atoms with Gasteiger partial charge < -0.3 is 9.88 Å². The third-order valence-corrected chi connectivity index (χ3v) is 5.82. The molecule has 1 saturated heterocycles. The van der Waals surface area contributed by atoms with E-state index in [0.717, 1.165) is 49.5 Å². The number of hydrogen-bond donors (Lipinski definition) is 1. The van der Waals surface area contributed by atoms with Gasteiger partial charge in [0.15, 0.2) is 0 Å². The van der Waals surface area contributed by atoms with Crippen molar-refractivity contribution in [1.29, 1.82) is 0 Å². The number of H-pyrrole nitrogens is 1. The lowest BCUT2D eigenvalue weighted by molar-refractivity contribution is 0.251. The van der Waals surface area contributed by atoms with Gasteiger partial charge in [0.05, 0.1) is 5.69 Å². The highest BCUT2D eigenvalue weighted by atomic mass is 19.1. The Morgan fingerprint density at radius 1 is 0.759 bits per heavy atom. The van der Waals surface area contributed by atoms with E-state index in [1.807, 2.05) is 12.1 Å². The molecule has 4 heteroatoms. The topological polar surface area (TPSA) is 22.3 Å².